The van der Waals surface area contributed by atoms with Crippen molar-refractivity contribution in [3.63, 3.8) is 0 Å². The highest BCUT2D eigenvalue weighted by atomic mass is 16.5. The van der Waals surface area contributed by atoms with Crippen molar-refractivity contribution in [2.45, 2.75) is 19.4 Å². The van der Waals surface area contributed by atoms with E-state index in [4.69, 9.17) is 15.2 Å². The molecule has 2 rings (SSSR count). The third-order valence-electron chi connectivity index (χ3n) is 3.07. The highest BCUT2D eigenvalue weighted by Gasteiger charge is 1.98. The van der Waals surface area contributed by atoms with Gasteiger partial charge in [-0.05, 0) is 48.2 Å². The van der Waals surface area contributed by atoms with E-state index in [1.165, 1.54) is 5.56 Å². The van der Waals surface area contributed by atoms with E-state index >= 15 is 0 Å². The minimum atomic E-state index is 0.614. The standard InChI is InChI=1S/C17H21NO2/c1-19-13-15-4-2-6-17(12-15)20-11-3-5-14-7-9-16(18)10-8-14/h2,4,6-10,12H,3,5,11,13,18H2,1H3. The van der Waals surface area contributed by atoms with Crippen LogP contribution < -0.4 is 10.5 Å². The molecule has 0 heterocycles. The fraction of sp³-hybridized carbons (Fsp3) is 0.294. The third kappa shape index (κ3) is 4.59. The number of benzene rings is 2. The summed E-state index contributed by atoms with van der Waals surface area (Å²) < 4.78 is 10.9. The van der Waals surface area contributed by atoms with Crippen LogP contribution >= 0.6 is 0 Å². The number of anilines is 1. The number of hydrogen-bond donors (Lipinski definition) is 1. The van der Waals surface area contributed by atoms with Crippen molar-refractivity contribution >= 4 is 5.69 Å². The van der Waals surface area contributed by atoms with Crippen molar-refractivity contribution in [3.05, 3.63) is 59.7 Å². The van der Waals surface area contributed by atoms with E-state index in [0.717, 1.165) is 29.8 Å². The summed E-state index contributed by atoms with van der Waals surface area (Å²) in [6.07, 6.45) is 1.98. The Morgan fingerprint density at radius 1 is 1.00 bits per heavy atom. The van der Waals surface area contributed by atoms with E-state index in [1.807, 2.05) is 36.4 Å². The Bertz CT molecular complexity index is 523. The lowest BCUT2D eigenvalue weighted by Crippen LogP contribution is -2.00. The largest absolute Gasteiger partial charge is 0.494 e. The Kier molecular flexibility index (Phi) is 5.44. The van der Waals surface area contributed by atoms with Gasteiger partial charge in [-0.15, -0.1) is 0 Å². The molecule has 0 saturated carbocycles. The molecule has 0 amide bonds. The summed E-state index contributed by atoms with van der Waals surface area (Å²) in [6.45, 7) is 1.32. The number of rotatable bonds is 7. The molecule has 0 aliphatic carbocycles. The van der Waals surface area contributed by atoms with Gasteiger partial charge in [-0.3, -0.25) is 0 Å². The Balaban J connectivity index is 1.75. The van der Waals surface area contributed by atoms with Gasteiger partial charge >= 0.3 is 0 Å². The van der Waals surface area contributed by atoms with Crippen molar-refractivity contribution in [1.29, 1.82) is 0 Å². The maximum atomic E-state index is 5.76. The molecule has 0 radical (unpaired) electrons. The first-order valence-electron chi connectivity index (χ1n) is 6.83. The first-order valence-corrected chi connectivity index (χ1v) is 6.83. The molecule has 0 atom stereocenters. The van der Waals surface area contributed by atoms with E-state index in [1.54, 1.807) is 7.11 Å². The van der Waals surface area contributed by atoms with E-state index < -0.39 is 0 Å². The Labute approximate surface area is 120 Å². The molecule has 0 aromatic heterocycles. The lowest BCUT2D eigenvalue weighted by Gasteiger charge is -2.08. The topological polar surface area (TPSA) is 44.5 Å². The minimum absolute atomic E-state index is 0.614. The van der Waals surface area contributed by atoms with Crippen LogP contribution in [0.5, 0.6) is 5.75 Å². The van der Waals surface area contributed by atoms with Gasteiger partial charge in [0.15, 0.2) is 0 Å². The molecule has 0 fully saturated rings. The predicted molar refractivity (Wildman–Crippen MR) is 81.8 cm³/mol. The molecule has 0 spiro atoms. The summed E-state index contributed by atoms with van der Waals surface area (Å²) in [5, 5.41) is 0. The zero-order valence-corrected chi connectivity index (χ0v) is 11.8. The number of hydrogen-bond acceptors (Lipinski definition) is 3. The fourth-order valence-corrected chi connectivity index (χ4v) is 2.04. The van der Waals surface area contributed by atoms with E-state index in [-0.39, 0.29) is 0 Å². The average molecular weight is 271 g/mol. The number of methoxy groups -OCH3 is 1. The van der Waals surface area contributed by atoms with Gasteiger partial charge in [0, 0.05) is 12.8 Å². The summed E-state index contributed by atoms with van der Waals surface area (Å²) in [6, 6.07) is 16.0. The number of nitrogens with two attached hydrogens (primary N) is 1. The van der Waals surface area contributed by atoms with Crippen molar-refractivity contribution in [3.8, 4) is 5.75 Å². The molecule has 2 aromatic rings. The van der Waals surface area contributed by atoms with Crippen LogP contribution in [-0.2, 0) is 17.8 Å². The maximum Gasteiger partial charge on any atom is 0.119 e. The van der Waals surface area contributed by atoms with Crippen LogP contribution in [0.4, 0.5) is 5.69 Å². The van der Waals surface area contributed by atoms with Crippen LogP contribution in [0.15, 0.2) is 48.5 Å². The van der Waals surface area contributed by atoms with Gasteiger partial charge in [0.05, 0.1) is 13.2 Å². The van der Waals surface area contributed by atoms with Crippen molar-refractivity contribution < 1.29 is 9.47 Å². The summed E-state index contributed by atoms with van der Waals surface area (Å²) in [5.74, 6) is 0.900. The quantitative estimate of drug-likeness (QED) is 0.620. The summed E-state index contributed by atoms with van der Waals surface area (Å²) >= 11 is 0. The summed E-state index contributed by atoms with van der Waals surface area (Å²) in [7, 11) is 1.69. The second kappa shape index (κ2) is 7.56. The van der Waals surface area contributed by atoms with E-state index in [9.17, 15) is 0 Å². The van der Waals surface area contributed by atoms with Crippen molar-refractivity contribution in [2.24, 2.45) is 0 Å². The summed E-state index contributed by atoms with van der Waals surface area (Å²) in [4.78, 5) is 0. The monoisotopic (exact) mass is 271 g/mol. The molecule has 0 aliphatic heterocycles. The third-order valence-corrected chi connectivity index (χ3v) is 3.07. The first-order chi connectivity index (χ1) is 9.78. The minimum Gasteiger partial charge on any atom is -0.494 e. The SMILES string of the molecule is COCc1cccc(OCCCc2ccc(N)cc2)c1. The van der Waals surface area contributed by atoms with Gasteiger partial charge in [0.2, 0.25) is 0 Å². The van der Waals surface area contributed by atoms with Crippen LogP contribution in [0.3, 0.4) is 0 Å². The normalized spacial score (nSPS) is 10.4. The number of nitrogen functional groups attached to an aromatic ring is 1. The van der Waals surface area contributed by atoms with Gasteiger partial charge in [-0.25, -0.2) is 0 Å². The second-order valence-electron chi connectivity index (χ2n) is 4.77. The molecule has 3 heteroatoms. The molecule has 3 nitrogen and oxygen atoms in total. The number of aryl methyl sites for hydroxylation is 1. The average Bonchev–Trinajstić information content (AvgIpc) is 2.46. The molecular weight excluding hydrogens is 250 g/mol. The van der Waals surface area contributed by atoms with Crippen molar-refractivity contribution in [2.75, 3.05) is 19.5 Å². The van der Waals surface area contributed by atoms with Crippen molar-refractivity contribution in [1.82, 2.24) is 0 Å². The molecule has 2 N–H and O–H groups in total. The van der Waals surface area contributed by atoms with Gasteiger partial charge < -0.3 is 15.2 Å². The molecule has 0 unspecified atom stereocenters. The zero-order valence-electron chi connectivity index (χ0n) is 11.8. The van der Waals surface area contributed by atoms with Crippen LogP contribution in [-0.4, -0.2) is 13.7 Å². The van der Waals surface area contributed by atoms with Crippen LogP contribution in [0.1, 0.15) is 17.5 Å². The molecular formula is C17H21NO2. The zero-order chi connectivity index (χ0) is 14.2. The van der Waals surface area contributed by atoms with Crippen LogP contribution in [0.2, 0.25) is 0 Å². The molecule has 106 valence electrons. The lowest BCUT2D eigenvalue weighted by atomic mass is 10.1. The highest BCUT2D eigenvalue weighted by Crippen LogP contribution is 2.15. The molecule has 2 aromatic carbocycles. The van der Waals surface area contributed by atoms with Crippen LogP contribution in [0.25, 0.3) is 0 Å². The first kappa shape index (κ1) is 14.4. The summed E-state index contributed by atoms with van der Waals surface area (Å²) in [5.41, 5.74) is 8.88. The molecule has 0 aliphatic rings. The predicted octanol–water partition coefficient (Wildman–Crippen LogP) is 3.43. The highest BCUT2D eigenvalue weighted by molar-refractivity contribution is 5.39. The molecule has 20 heavy (non-hydrogen) atoms. The molecule has 0 bridgehead atoms. The van der Waals surface area contributed by atoms with E-state index in [2.05, 4.69) is 12.1 Å². The smallest absolute Gasteiger partial charge is 0.119 e. The maximum absolute atomic E-state index is 5.76. The number of ether oxygens (including phenoxy) is 2. The van der Waals surface area contributed by atoms with Gasteiger partial charge in [0.1, 0.15) is 5.75 Å². The fourth-order valence-electron chi connectivity index (χ4n) is 2.04. The van der Waals surface area contributed by atoms with Gasteiger partial charge in [0.25, 0.3) is 0 Å². The molecule has 0 saturated heterocycles. The second-order valence-corrected chi connectivity index (χ2v) is 4.77. The Hall–Kier alpha value is -2.00. The van der Waals surface area contributed by atoms with Gasteiger partial charge in [-0.2, -0.15) is 0 Å². The van der Waals surface area contributed by atoms with Gasteiger partial charge in [-0.1, -0.05) is 24.3 Å². The van der Waals surface area contributed by atoms with Crippen LogP contribution in [0, 0.1) is 0 Å². The Morgan fingerprint density at radius 2 is 1.80 bits per heavy atom. The Morgan fingerprint density at radius 3 is 2.55 bits per heavy atom. The lowest BCUT2D eigenvalue weighted by molar-refractivity contribution is 0.184. The van der Waals surface area contributed by atoms with E-state index in [0.29, 0.717) is 13.2 Å².